The summed E-state index contributed by atoms with van der Waals surface area (Å²) in [5.41, 5.74) is 3.40. The first-order valence-corrected chi connectivity index (χ1v) is 9.03. The molecular weight excluding hydrogens is 379 g/mol. The largest absolute Gasteiger partial charge is 0.352 e. The molecule has 148 valence electrons. The maximum Gasteiger partial charge on any atom is 0.257 e. The number of amides is 1. The van der Waals surface area contributed by atoms with E-state index < -0.39 is 0 Å². The average molecular weight is 403 g/mol. The summed E-state index contributed by atoms with van der Waals surface area (Å²) in [7, 11) is 0. The number of halogens is 2. The summed E-state index contributed by atoms with van der Waals surface area (Å²) in [6.07, 6.45) is 1.52. The SMILES string of the molecule is CCN(CC)C(=O)c1cnc2nc(C)ccc2c1Nc1ccc(C)cc1F.Cl. The van der Waals surface area contributed by atoms with E-state index in [1.807, 2.05) is 45.9 Å². The normalized spacial score (nSPS) is 10.5. The molecule has 1 amide bonds. The summed E-state index contributed by atoms with van der Waals surface area (Å²) < 4.78 is 14.4. The van der Waals surface area contributed by atoms with Crippen LogP contribution in [0, 0.1) is 19.7 Å². The molecule has 5 nitrogen and oxygen atoms in total. The van der Waals surface area contributed by atoms with Gasteiger partial charge in [0.05, 0.1) is 16.9 Å². The second kappa shape index (κ2) is 8.97. The number of aryl methyl sites for hydroxylation is 2. The van der Waals surface area contributed by atoms with Crippen LogP contribution < -0.4 is 5.32 Å². The van der Waals surface area contributed by atoms with Gasteiger partial charge in [-0.05, 0) is 57.5 Å². The first kappa shape index (κ1) is 21.6. The Bertz CT molecular complexity index is 1010. The van der Waals surface area contributed by atoms with Crippen molar-refractivity contribution in [1.82, 2.24) is 14.9 Å². The Labute approximate surface area is 170 Å². The van der Waals surface area contributed by atoms with Gasteiger partial charge in [-0.15, -0.1) is 12.4 Å². The molecule has 7 heteroatoms. The molecule has 3 aromatic rings. The first-order valence-electron chi connectivity index (χ1n) is 9.03. The van der Waals surface area contributed by atoms with Gasteiger partial charge in [-0.2, -0.15) is 0 Å². The third-order valence-electron chi connectivity index (χ3n) is 4.53. The molecule has 0 saturated heterocycles. The van der Waals surface area contributed by atoms with E-state index >= 15 is 0 Å². The van der Waals surface area contributed by atoms with Gasteiger partial charge in [-0.1, -0.05) is 6.07 Å². The first-order chi connectivity index (χ1) is 12.9. The molecule has 0 aliphatic rings. The van der Waals surface area contributed by atoms with Crippen LogP contribution in [0.1, 0.15) is 35.5 Å². The van der Waals surface area contributed by atoms with E-state index in [1.54, 1.807) is 11.0 Å². The molecule has 0 saturated carbocycles. The molecule has 2 aromatic heterocycles. The smallest absolute Gasteiger partial charge is 0.257 e. The molecule has 3 rings (SSSR count). The van der Waals surface area contributed by atoms with Crippen LogP contribution in [0.3, 0.4) is 0 Å². The number of hydrogen-bond donors (Lipinski definition) is 1. The number of benzene rings is 1. The summed E-state index contributed by atoms with van der Waals surface area (Å²) in [6.45, 7) is 8.72. The minimum absolute atomic E-state index is 0. The van der Waals surface area contributed by atoms with Crippen molar-refractivity contribution in [2.75, 3.05) is 18.4 Å². The number of anilines is 2. The van der Waals surface area contributed by atoms with Crippen molar-refractivity contribution in [3.8, 4) is 0 Å². The predicted molar refractivity (Wildman–Crippen MR) is 113 cm³/mol. The number of pyridine rings is 2. The molecule has 0 aliphatic carbocycles. The fourth-order valence-corrected chi connectivity index (χ4v) is 3.01. The summed E-state index contributed by atoms with van der Waals surface area (Å²) in [5.74, 6) is -0.522. The van der Waals surface area contributed by atoms with Crippen molar-refractivity contribution in [1.29, 1.82) is 0 Å². The Hall–Kier alpha value is -2.73. The van der Waals surface area contributed by atoms with Crippen LogP contribution in [0.4, 0.5) is 15.8 Å². The minimum Gasteiger partial charge on any atom is -0.352 e. The van der Waals surface area contributed by atoms with Crippen molar-refractivity contribution in [3.63, 3.8) is 0 Å². The lowest BCUT2D eigenvalue weighted by Gasteiger charge is -2.21. The molecule has 1 N–H and O–H groups in total. The van der Waals surface area contributed by atoms with Gasteiger partial charge >= 0.3 is 0 Å². The van der Waals surface area contributed by atoms with Gasteiger partial charge in [0.1, 0.15) is 5.82 Å². The maximum atomic E-state index is 14.4. The zero-order chi connectivity index (χ0) is 19.6. The summed E-state index contributed by atoms with van der Waals surface area (Å²) in [5, 5.41) is 3.79. The molecule has 2 heterocycles. The number of nitrogens with zero attached hydrogens (tertiary/aromatic N) is 3. The molecular formula is C21H24ClFN4O. The quantitative estimate of drug-likeness (QED) is 0.650. The third-order valence-corrected chi connectivity index (χ3v) is 4.53. The monoisotopic (exact) mass is 402 g/mol. The Kier molecular flexibility index (Phi) is 6.91. The Morgan fingerprint density at radius 1 is 1.14 bits per heavy atom. The second-order valence-corrected chi connectivity index (χ2v) is 6.46. The van der Waals surface area contributed by atoms with Crippen molar-refractivity contribution >= 4 is 40.7 Å². The fraction of sp³-hybridized carbons (Fsp3) is 0.286. The zero-order valence-electron chi connectivity index (χ0n) is 16.4. The van der Waals surface area contributed by atoms with Crippen LogP contribution in [-0.4, -0.2) is 33.9 Å². The Morgan fingerprint density at radius 2 is 1.86 bits per heavy atom. The number of aromatic nitrogens is 2. The molecule has 0 bridgehead atoms. The fourth-order valence-electron chi connectivity index (χ4n) is 3.01. The molecule has 0 fully saturated rings. The molecule has 0 spiro atoms. The molecule has 28 heavy (non-hydrogen) atoms. The van der Waals surface area contributed by atoms with Crippen molar-refractivity contribution in [3.05, 3.63) is 59.2 Å². The van der Waals surface area contributed by atoms with Gasteiger partial charge in [-0.3, -0.25) is 4.79 Å². The molecule has 0 aliphatic heterocycles. The molecule has 1 aromatic carbocycles. The molecule has 0 unspecified atom stereocenters. The van der Waals surface area contributed by atoms with Gasteiger partial charge in [-0.25, -0.2) is 14.4 Å². The topological polar surface area (TPSA) is 58.1 Å². The van der Waals surface area contributed by atoms with E-state index in [1.165, 1.54) is 12.3 Å². The lowest BCUT2D eigenvalue weighted by atomic mass is 10.1. The van der Waals surface area contributed by atoms with Crippen molar-refractivity contribution in [2.24, 2.45) is 0 Å². The van der Waals surface area contributed by atoms with Crippen molar-refractivity contribution in [2.45, 2.75) is 27.7 Å². The Morgan fingerprint density at radius 3 is 2.50 bits per heavy atom. The number of rotatable bonds is 5. The standard InChI is InChI=1S/C21H23FN4O.ClH/c1-5-26(6-2)21(27)16-12-23-20-15(9-8-14(4)24-20)19(16)25-18-10-7-13(3)11-17(18)22;/h7-12H,5-6H2,1-4H3,(H,23,24,25);1H. The number of carbonyl (C=O) groups excluding carboxylic acids is 1. The third kappa shape index (κ3) is 4.22. The predicted octanol–water partition coefficient (Wildman–Crippen LogP) is 5.03. The Balaban J connectivity index is 0.00000280. The van der Waals surface area contributed by atoms with E-state index in [9.17, 15) is 9.18 Å². The summed E-state index contributed by atoms with van der Waals surface area (Å²) >= 11 is 0. The lowest BCUT2D eigenvalue weighted by Crippen LogP contribution is -2.31. The van der Waals surface area contributed by atoms with E-state index in [-0.39, 0.29) is 24.1 Å². The molecule has 0 atom stereocenters. The van der Waals surface area contributed by atoms with Crippen LogP contribution in [0.2, 0.25) is 0 Å². The highest BCUT2D eigenvalue weighted by Gasteiger charge is 2.21. The lowest BCUT2D eigenvalue weighted by molar-refractivity contribution is 0.0773. The molecule has 0 radical (unpaired) electrons. The second-order valence-electron chi connectivity index (χ2n) is 6.46. The highest BCUT2D eigenvalue weighted by Crippen LogP contribution is 2.30. The number of hydrogen-bond acceptors (Lipinski definition) is 4. The highest BCUT2D eigenvalue weighted by molar-refractivity contribution is 6.07. The number of nitrogens with one attached hydrogen (secondary N) is 1. The van der Waals surface area contributed by atoms with Crippen LogP contribution >= 0.6 is 12.4 Å². The maximum absolute atomic E-state index is 14.4. The van der Waals surface area contributed by atoms with E-state index in [0.29, 0.717) is 41.1 Å². The summed E-state index contributed by atoms with van der Waals surface area (Å²) in [6, 6.07) is 8.66. The van der Waals surface area contributed by atoms with E-state index in [4.69, 9.17) is 0 Å². The number of carbonyl (C=O) groups is 1. The van der Waals surface area contributed by atoms with Gasteiger partial charge < -0.3 is 10.2 Å². The van der Waals surface area contributed by atoms with Gasteiger partial charge in [0.25, 0.3) is 5.91 Å². The zero-order valence-corrected chi connectivity index (χ0v) is 17.2. The number of fused-ring (bicyclic) bond motifs is 1. The van der Waals surface area contributed by atoms with Gasteiger partial charge in [0.2, 0.25) is 0 Å². The minimum atomic E-state index is -0.374. The van der Waals surface area contributed by atoms with Crippen molar-refractivity contribution < 1.29 is 9.18 Å². The average Bonchev–Trinajstić information content (AvgIpc) is 2.64. The van der Waals surface area contributed by atoms with Gasteiger partial charge in [0, 0.05) is 30.4 Å². The summed E-state index contributed by atoms with van der Waals surface area (Å²) in [4.78, 5) is 23.5. The van der Waals surface area contributed by atoms with E-state index in [2.05, 4.69) is 15.3 Å². The van der Waals surface area contributed by atoms with E-state index in [0.717, 1.165) is 11.3 Å². The highest BCUT2D eigenvalue weighted by atomic mass is 35.5. The van der Waals surface area contributed by atoms with Crippen LogP contribution in [0.5, 0.6) is 0 Å². The van der Waals surface area contributed by atoms with Crippen LogP contribution in [-0.2, 0) is 0 Å². The van der Waals surface area contributed by atoms with Crippen LogP contribution in [0.15, 0.2) is 36.5 Å². The van der Waals surface area contributed by atoms with Crippen LogP contribution in [0.25, 0.3) is 11.0 Å². The van der Waals surface area contributed by atoms with Gasteiger partial charge in [0.15, 0.2) is 5.65 Å².